The van der Waals surface area contributed by atoms with Crippen LogP contribution >= 0.6 is 11.6 Å². The van der Waals surface area contributed by atoms with Gasteiger partial charge in [0.1, 0.15) is 5.75 Å². The van der Waals surface area contributed by atoms with Crippen LogP contribution in [0.25, 0.3) is 6.08 Å². The van der Waals surface area contributed by atoms with Gasteiger partial charge in [-0.05, 0) is 47.5 Å². The summed E-state index contributed by atoms with van der Waals surface area (Å²) in [4.78, 5) is 12.3. The monoisotopic (exact) mass is 330 g/mol. The van der Waals surface area contributed by atoms with Crippen LogP contribution in [0.1, 0.15) is 21.5 Å². The summed E-state index contributed by atoms with van der Waals surface area (Å²) in [5, 5.41) is 9.88. The maximum Gasteiger partial charge on any atom is 0.185 e. The van der Waals surface area contributed by atoms with Crippen molar-refractivity contribution in [2.24, 2.45) is 0 Å². The molecule has 2 aromatic rings. The maximum absolute atomic E-state index is 12.3. The van der Waals surface area contributed by atoms with E-state index in [1.807, 2.05) is 12.1 Å². The van der Waals surface area contributed by atoms with Gasteiger partial charge in [-0.15, -0.1) is 0 Å². The summed E-state index contributed by atoms with van der Waals surface area (Å²) in [6.45, 7) is 0.661. The van der Waals surface area contributed by atoms with Crippen molar-refractivity contribution >= 4 is 23.5 Å². The third-order valence-electron chi connectivity index (χ3n) is 3.67. The number of hydrogen-bond acceptors (Lipinski definition) is 4. The molecule has 0 saturated carbocycles. The van der Waals surface area contributed by atoms with E-state index in [4.69, 9.17) is 21.1 Å². The molecule has 0 radical (unpaired) electrons. The quantitative estimate of drug-likeness (QED) is 0.682. The number of benzene rings is 2. The van der Waals surface area contributed by atoms with Gasteiger partial charge in [0.25, 0.3) is 0 Å². The SMILES string of the molecule is COc1cc(C=CC(=O)c2ccc3c(c2)CCO3)cc(Cl)c1O. The molecule has 1 heterocycles. The van der Waals surface area contributed by atoms with Gasteiger partial charge in [-0.2, -0.15) is 0 Å². The highest BCUT2D eigenvalue weighted by atomic mass is 35.5. The largest absolute Gasteiger partial charge is 0.503 e. The summed E-state index contributed by atoms with van der Waals surface area (Å²) in [5.41, 5.74) is 2.34. The summed E-state index contributed by atoms with van der Waals surface area (Å²) in [5.74, 6) is 0.888. The van der Waals surface area contributed by atoms with Gasteiger partial charge in [0.15, 0.2) is 17.3 Å². The normalized spacial score (nSPS) is 13.0. The Bertz CT molecular complexity index is 796. The van der Waals surface area contributed by atoms with Crippen LogP contribution in [0.5, 0.6) is 17.2 Å². The molecule has 0 fully saturated rings. The lowest BCUT2D eigenvalue weighted by Crippen LogP contribution is -1.95. The predicted molar refractivity (Wildman–Crippen MR) is 88.7 cm³/mol. The number of ether oxygens (including phenoxy) is 2. The highest BCUT2D eigenvalue weighted by molar-refractivity contribution is 6.32. The van der Waals surface area contributed by atoms with Gasteiger partial charge in [-0.3, -0.25) is 4.79 Å². The maximum atomic E-state index is 12.3. The van der Waals surface area contributed by atoms with E-state index in [2.05, 4.69) is 0 Å². The van der Waals surface area contributed by atoms with Crippen LogP contribution in [-0.2, 0) is 6.42 Å². The van der Waals surface area contributed by atoms with Crippen molar-refractivity contribution in [2.75, 3.05) is 13.7 Å². The average molecular weight is 331 g/mol. The molecule has 118 valence electrons. The first-order valence-corrected chi connectivity index (χ1v) is 7.51. The molecular formula is C18H15ClO4. The van der Waals surface area contributed by atoms with E-state index >= 15 is 0 Å². The van der Waals surface area contributed by atoms with Gasteiger partial charge in [-0.1, -0.05) is 17.7 Å². The smallest absolute Gasteiger partial charge is 0.185 e. The second kappa shape index (κ2) is 6.34. The van der Waals surface area contributed by atoms with Crippen molar-refractivity contribution in [3.8, 4) is 17.2 Å². The molecule has 3 rings (SSSR count). The van der Waals surface area contributed by atoms with E-state index in [1.54, 1.807) is 24.3 Å². The van der Waals surface area contributed by atoms with Crippen molar-refractivity contribution in [2.45, 2.75) is 6.42 Å². The molecule has 0 aliphatic carbocycles. The van der Waals surface area contributed by atoms with Gasteiger partial charge >= 0.3 is 0 Å². The molecule has 0 unspecified atom stereocenters. The molecule has 0 spiro atoms. The van der Waals surface area contributed by atoms with Gasteiger partial charge in [0.05, 0.1) is 18.7 Å². The number of ketones is 1. The number of carbonyl (C=O) groups is 1. The summed E-state index contributed by atoms with van der Waals surface area (Å²) in [7, 11) is 1.44. The van der Waals surface area contributed by atoms with Gasteiger partial charge in [0, 0.05) is 12.0 Å². The van der Waals surface area contributed by atoms with Crippen molar-refractivity contribution in [3.63, 3.8) is 0 Å². The summed E-state index contributed by atoms with van der Waals surface area (Å²) in [6, 6.07) is 8.62. The van der Waals surface area contributed by atoms with Crippen molar-refractivity contribution in [3.05, 3.63) is 58.1 Å². The molecular weight excluding hydrogens is 316 g/mol. The van der Waals surface area contributed by atoms with E-state index in [0.29, 0.717) is 17.7 Å². The number of phenols is 1. The Morgan fingerprint density at radius 3 is 2.96 bits per heavy atom. The third-order valence-corrected chi connectivity index (χ3v) is 3.96. The topological polar surface area (TPSA) is 55.8 Å². The van der Waals surface area contributed by atoms with Crippen molar-refractivity contribution in [1.29, 1.82) is 0 Å². The minimum absolute atomic E-state index is 0.108. The molecule has 0 atom stereocenters. The van der Waals surface area contributed by atoms with E-state index < -0.39 is 0 Å². The Labute approximate surface area is 138 Å². The summed E-state index contributed by atoms with van der Waals surface area (Å²) < 4.78 is 10.5. The number of carbonyl (C=O) groups excluding carboxylic acids is 1. The Balaban J connectivity index is 1.82. The molecule has 2 aromatic carbocycles. The molecule has 4 nitrogen and oxygen atoms in total. The fraction of sp³-hybridized carbons (Fsp3) is 0.167. The number of allylic oxidation sites excluding steroid dienone is 1. The zero-order valence-electron chi connectivity index (χ0n) is 12.5. The van der Waals surface area contributed by atoms with Gasteiger partial charge < -0.3 is 14.6 Å². The van der Waals surface area contributed by atoms with Crippen LogP contribution in [0.3, 0.4) is 0 Å². The molecule has 1 aliphatic rings. The molecule has 1 aliphatic heterocycles. The zero-order chi connectivity index (χ0) is 16.4. The summed E-state index contributed by atoms with van der Waals surface area (Å²) >= 11 is 5.93. The first-order chi connectivity index (χ1) is 11.1. The van der Waals surface area contributed by atoms with E-state index in [1.165, 1.54) is 13.2 Å². The number of aromatic hydroxyl groups is 1. The molecule has 1 N–H and O–H groups in total. The predicted octanol–water partition coefficient (Wildman–Crippen LogP) is 3.89. The van der Waals surface area contributed by atoms with Crippen LogP contribution in [0.15, 0.2) is 36.4 Å². The Morgan fingerprint density at radius 1 is 1.35 bits per heavy atom. The molecule has 0 aromatic heterocycles. The average Bonchev–Trinajstić information content (AvgIpc) is 3.03. The Morgan fingerprint density at radius 2 is 2.17 bits per heavy atom. The first-order valence-electron chi connectivity index (χ1n) is 7.13. The minimum Gasteiger partial charge on any atom is -0.503 e. The van der Waals surface area contributed by atoms with E-state index in [9.17, 15) is 9.90 Å². The first kappa shape index (κ1) is 15.4. The Kier molecular flexibility index (Phi) is 4.26. The molecule has 5 heteroatoms. The van der Waals surface area contributed by atoms with E-state index in [0.717, 1.165) is 17.7 Å². The lowest BCUT2D eigenvalue weighted by atomic mass is 10.0. The number of methoxy groups -OCH3 is 1. The number of rotatable bonds is 4. The van der Waals surface area contributed by atoms with E-state index in [-0.39, 0.29) is 22.3 Å². The lowest BCUT2D eigenvalue weighted by Gasteiger charge is -2.06. The molecule has 0 saturated heterocycles. The van der Waals surface area contributed by atoms with Crippen LogP contribution in [-0.4, -0.2) is 24.6 Å². The molecule has 0 bridgehead atoms. The van der Waals surface area contributed by atoms with Crippen LogP contribution in [0, 0.1) is 0 Å². The van der Waals surface area contributed by atoms with Gasteiger partial charge in [-0.25, -0.2) is 0 Å². The lowest BCUT2D eigenvalue weighted by molar-refractivity contribution is 0.104. The number of fused-ring (bicyclic) bond motifs is 1. The van der Waals surface area contributed by atoms with Crippen molar-refractivity contribution in [1.82, 2.24) is 0 Å². The van der Waals surface area contributed by atoms with Crippen LogP contribution in [0.2, 0.25) is 5.02 Å². The summed E-state index contributed by atoms with van der Waals surface area (Å²) in [6.07, 6.45) is 3.94. The van der Waals surface area contributed by atoms with Gasteiger partial charge in [0.2, 0.25) is 0 Å². The highest BCUT2D eigenvalue weighted by Crippen LogP contribution is 2.35. The molecule has 0 amide bonds. The minimum atomic E-state index is -0.115. The zero-order valence-corrected chi connectivity index (χ0v) is 13.3. The second-order valence-corrected chi connectivity index (χ2v) is 5.58. The van der Waals surface area contributed by atoms with Crippen LogP contribution < -0.4 is 9.47 Å². The van der Waals surface area contributed by atoms with Crippen LogP contribution in [0.4, 0.5) is 0 Å². The fourth-order valence-electron chi connectivity index (χ4n) is 2.45. The number of hydrogen-bond donors (Lipinski definition) is 1. The molecule has 23 heavy (non-hydrogen) atoms. The second-order valence-electron chi connectivity index (χ2n) is 5.17. The highest BCUT2D eigenvalue weighted by Gasteiger charge is 2.14. The third kappa shape index (κ3) is 3.17. The van der Waals surface area contributed by atoms with Crippen molar-refractivity contribution < 1.29 is 19.4 Å². The number of phenolic OH excluding ortho intramolecular Hbond substituents is 1. The Hall–Kier alpha value is -2.46. The fourth-order valence-corrected chi connectivity index (χ4v) is 2.67. The standard InChI is InChI=1S/C18H15ClO4/c1-22-17-9-11(8-14(19)18(17)21)2-4-15(20)12-3-5-16-13(10-12)6-7-23-16/h2-5,8-10,21H,6-7H2,1H3. The number of halogens is 1.